The predicted molar refractivity (Wildman–Crippen MR) is 89.5 cm³/mol. The van der Waals surface area contributed by atoms with Crippen molar-refractivity contribution in [3.8, 4) is 16.9 Å². The normalized spacial score (nSPS) is 11.8. The molecule has 3 rings (SSSR count). The average molecular weight is 304 g/mol. The van der Waals surface area contributed by atoms with E-state index < -0.39 is 11.9 Å². The molecule has 0 spiro atoms. The predicted octanol–water partition coefficient (Wildman–Crippen LogP) is 4.28. The average Bonchev–Trinajstić information content (AvgIpc) is 2.58. The lowest BCUT2D eigenvalue weighted by molar-refractivity contribution is -0.137. The molecule has 0 fully saturated rings. The van der Waals surface area contributed by atoms with E-state index >= 15 is 0 Å². The molecule has 0 aliphatic rings. The minimum atomic E-state index is -0.987. The van der Waals surface area contributed by atoms with Gasteiger partial charge in [-0.05, 0) is 22.8 Å². The van der Waals surface area contributed by atoms with Gasteiger partial charge in [0, 0.05) is 5.56 Å². The first kappa shape index (κ1) is 14.9. The standard InChI is InChI=1S/C20H16O3/c21-18-9-5-4-8-17(18)19(20(22)23)16-12-10-15(11-13-16)14-6-2-1-3-7-14/h1-13,19,21H,(H,22,23). The molecule has 0 bridgehead atoms. The molecule has 0 heterocycles. The van der Waals surface area contributed by atoms with Crippen molar-refractivity contribution in [1.82, 2.24) is 0 Å². The number of phenols is 1. The highest BCUT2D eigenvalue weighted by atomic mass is 16.4. The fourth-order valence-corrected chi connectivity index (χ4v) is 2.69. The van der Waals surface area contributed by atoms with Crippen molar-refractivity contribution in [2.75, 3.05) is 0 Å². The first-order valence-corrected chi connectivity index (χ1v) is 7.33. The number of hydrogen-bond donors (Lipinski definition) is 2. The number of aliphatic carboxylic acids is 1. The third kappa shape index (κ3) is 3.09. The summed E-state index contributed by atoms with van der Waals surface area (Å²) in [5.74, 6) is -1.88. The Morgan fingerprint density at radius 1 is 0.739 bits per heavy atom. The van der Waals surface area contributed by atoms with Gasteiger partial charge < -0.3 is 10.2 Å². The van der Waals surface area contributed by atoms with Crippen LogP contribution in [0.4, 0.5) is 0 Å². The SMILES string of the molecule is O=C(O)C(c1ccc(-c2ccccc2)cc1)c1ccccc1O. The molecular weight excluding hydrogens is 288 g/mol. The molecule has 114 valence electrons. The number of carboxylic acid groups (broad SMARTS) is 1. The lowest BCUT2D eigenvalue weighted by Gasteiger charge is -2.15. The van der Waals surface area contributed by atoms with Gasteiger partial charge in [0.1, 0.15) is 11.7 Å². The Kier molecular flexibility index (Phi) is 4.11. The van der Waals surface area contributed by atoms with Crippen molar-refractivity contribution in [3.05, 3.63) is 90.0 Å². The Morgan fingerprint density at radius 3 is 1.91 bits per heavy atom. The second-order valence-corrected chi connectivity index (χ2v) is 5.32. The number of rotatable bonds is 4. The first-order chi connectivity index (χ1) is 11.2. The minimum absolute atomic E-state index is 0.00737. The second kappa shape index (κ2) is 6.36. The van der Waals surface area contributed by atoms with Crippen LogP contribution in [0.25, 0.3) is 11.1 Å². The van der Waals surface area contributed by atoms with Gasteiger partial charge in [0.05, 0.1) is 0 Å². The molecule has 0 radical (unpaired) electrons. The van der Waals surface area contributed by atoms with Gasteiger partial charge >= 0.3 is 5.97 Å². The fourth-order valence-electron chi connectivity index (χ4n) is 2.69. The Balaban J connectivity index is 1.99. The van der Waals surface area contributed by atoms with Crippen LogP contribution in [0.5, 0.6) is 5.75 Å². The molecule has 0 saturated carbocycles. The summed E-state index contributed by atoms with van der Waals surface area (Å²) in [5.41, 5.74) is 3.13. The Bertz CT molecular complexity index is 808. The second-order valence-electron chi connectivity index (χ2n) is 5.32. The van der Waals surface area contributed by atoms with E-state index in [1.165, 1.54) is 6.07 Å². The maximum Gasteiger partial charge on any atom is 0.315 e. The Morgan fingerprint density at radius 2 is 1.30 bits per heavy atom. The largest absolute Gasteiger partial charge is 0.508 e. The number of para-hydroxylation sites is 1. The topological polar surface area (TPSA) is 57.5 Å². The molecule has 2 N–H and O–H groups in total. The molecule has 3 nitrogen and oxygen atoms in total. The van der Waals surface area contributed by atoms with Crippen molar-refractivity contribution in [2.24, 2.45) is 0 Å². The van der Waals surface area contributed by atoms with Crippen LogP contribution in [-0.4, -0.2) is 16.2 Å². The smallest absolute Gasteiger partial charge is 0.315 e. The van der Waals surface area contributed by atoms with Crippen LogP contribution < -0.4 is 0 Å². The van der Waals surface area contributed by atoms with Crippen molar-refractivity contribution in [1.29, 1.82) is 0 Å². The molecule has 23 heavy (non-hydrogen) atoms. The maximum absolute atomic E-state index is 11.7. The van der Waals surface area contributed by atoms with Gasteiger partial charge in [0.2, 0.25) is 0 Å². The summed E-state index contributed by atoms with van der Waals surface area (Å²) < 4.78 is 0. The first-order valence-electron chi connectivity index (χ1n) is 7.33. The Labute approximate surface area is 134 Å². The van der Waals surface area contributed by atoms with E-state index in [-0.39, 0.29) is 5.75 Å². The van der Waals surface area contributed by atoms with Crippen LogP contribution in [0.15, 0.2) is 78.9 Å². The monoisotopic (exact) mass is 304 g/mol. The van der Waals surface area contributed by atoms with E-state index in [0.29, 0.717) is 11.1 Å². The number of hydrogen-bond acceptors (Lipinski definition) is 2. The van der Waals surface area contributed by atoms with E-state index in [1.807, 2.05) is 42.5 Å². The molecule has 0 amide bonds. The third-order valence-corrected chi connectivity index (χ3v) is 3.85. The summed E-state index contributed by atoms with van der Waals surface area (Å²) in [7, 11) is 0. The summed E-state index contributed by atoms with van der Waals surface area (Å²) in [4.78, 5) is 11.7. The van der Waals surface area contributed by atoms with Crippen LogP contribution in [0.2, 0.25) is 0 Å². The van der Waals surface area contributed by atoms with Crippen LogP contribution >= 0.6 is 0 Å². The summed E-state index contributed by atoms with van der Waals surface area (Å²) >= 11 is 0. The highest BCUT2D eigenvalue weighted by molar-refractivity contribution is 5.81. The van der Waals surface area contributed by atoms with E-state index in [9.17, 15) is 15.0 Å². The van der Waals surface area contributed by atoms with Crippen LogP contribution in [0.1, 0.15) is 17.0 Å². The molecule has 0 aromatic heterocycles. The zero-order chi connectivity index (χ0) is 16.2. The zero-order valence-electron chi connectivity index (χ0n) is 12.4. The quantitative estimate of drug-likeness (QED) is 0.756. The van der Waals surface area contributed by atoms with Gasteiger partial charge in [-0.2, -0.15) is 0 Å². The van der Waals surface area contributed by atoms with Crippen LogP contribution in [0, 0.1) is 0 Å². The van der Waals surface area contributed by atoms with E-state index in [0.717, 1.165) is 11.1 Å². The summed E-state index contributed by atoms with van der Waals surface area (Å²) in [6, 6.07) is 23.8. The number of phenolic OH excluding ortho intramolecular Hbond substituents is 1. The van der Waals surface area contributed by atoms with Gasteiger partial charge in [-0.1, -0.05) is 72.8 Å². The van der Waals surface area contributed by atoms with Gasteiger partial charge in [-0.3, -0.25) is 4.79 Å². The molecule has 3 aromatic rings. The van der Waals surface area contributed by atoms with Crippen LogP contribution in [0.3, 0.4) is 0 Å². The van der Waals surface area contributed by atoms with E-state index in [2.05, 4.69) is 0 Å². The minimum Gasteiger partial charge on any atom is -0.508 e. The van der Waals surface area contributed by atoms with Crippen molar-refractivity contribution in [2.45, 2.75) is 5.92 Å². The van der Waals surface area contributed by atoms with Gasteiger partial charge in [-0.15, -0.1) is 0 Å². The third-order valence-electron chi connectivity index (χ3n) is 3.85. The molecule has 1 atom stereocenters. The number of benzene rings is 3. The van der Waals surface area contributed by atoms with Gasteiger partial charge in [-0.25, -0.2) is 0 Å². The summed E-state index contributed by atoms with van der Waals surface area (Å²) in [6.45, 7) is 0. The maximum atomic E-state index is 11.7. The lowest BCUT2D eigenvalue weighted by atomic mass is 9.89. The van der Waals surface area contributed by atoms with Gasteiger partial charge in [0.25, 0.3) is 0 Å². The lowest BCUT2D eigenvalue weighted by Crippen LogP contribution is -2.13. The van der Waals surface area contributed by atoms with E-state index in [1.54, 1.807) is 30.3 Å². The molecule has 3 heteroatoms. The number of aromatic hydroxyl groups is 1. The number of carboxylic acids is 1. The zero-order valence-corrected chi connectivity index (χ0v) is 12.4. The Hall–Kier alpha value is -3.07. The fraction of sp³-hybridized carbons (Fsp3) is 0.0500. The molecule has 0 aliphatic heterocycles. The highest BCUT2D eigenvalue weighted by Gasteiger charge is 2.24. The van der Waals surface area contributed by atoms with Crippen LogP contribution in [-0.2, 0) is 4.79 Å². The van der Waals surface area contributed by atoms with E-state index in [4.69, 9.17) is 0 Å². The van der Waals surface area contributed by atoms with Crippen molar-refractivity contribution < 1.29 is 15.0 Å². The molecular formula is C20H16O3. The van der Waals surface area contributed by atoms with Crippen molar-refractivity contribution in [3.63, 3.8) is 0 Å². The highest BCUT2D eigenvalue weighted by Crippen LogP contribution is 2.32. The molecule has 0 saturated heterocycles. The van der Waals surface area contributed by atoms with Gasteiger partial charge in [0.15, 0.2) is 0 Å². The number of carbonyl (C=O) groups is 1. The molecule has 1 unspecified atom stereocenters. The molecule has 3 aromatic carbocycles. The summed E-state index contributed by atoms with van der Waals surface area (Å²) in [5, 5.41) is 19.5. The van der Waals surface area contributed by atoms with Crippen molar-refractivity contribution >= 4 is 5.97 Å². The summed E-state index contributed by atoms with van der Waals surface area (Å²) in [6.07, 6.45) is 0. The molecule has 0 aliphatic carbocycles.